The van der Waals surface area contributed by atoms with Crippen LogP contribution in [0.25, 0.3) is 6.08 Å². The van der Waals surface area contributed by atoms with Gasteiger partial charge in [0, 0.05) is 12.0 Å². The molecular formula is C18H19N. The Hall–Kier alpha value is -1.86. The van der Waals surface area contributed by atoms with Gasteiger partial charge in [-0.25, -0.2) is 0 Å². The summed E-state index contributed by atoms with van der Waals surface area (Å²) in [5, 5.41) is 3.59. The van der Waals surface area contributed by atoms with E-state index in [1.807, 2.05) is 0 Å². The first-order valence-corrected chi connectivity index (χ1v) is 6.95. The molecule has 1 aliphatic heterocycles. The van der Waals surface area contributed by atoms with Gasteiger partial charge in [-0.3, -0.25) is 0 Å². The van der Waals surface area contributed by atoms with E-state index in [1.54, 1.807) is 0 Å². The molecule has 1 fully saturated rings. The molecule has 3 rings (SSSR count). The number of hydrogen-bond donors (Lipinski definition) is 1. The zero-order valence-corrected chi connectivity index (χ0v) is 11.0. The van der Waals surface area contributed by atoms with Crippen molar-refractivity contribution in [3.05, 3.63) is 77.9 Å². The van der Waals surface area contributed by atoms with Crippen molar-refractivity contribution in [2.24, 2.45) is 0 Å². The summed E-state index contributed by atoms with van der Waals surface area (Å²) < 4.78 is 0. The van der Waals surface area contributed by atoms with Gasteiger partial charge in [-0.05, 0) is 24.1 Å². The summed E-state index contributed by atoms with van der Waals surface area (Å²) >= 11 is 0. The van der Waals surface area contributed by atoms with Crippen molar-refractivity contribution >= 4 is 6.08 Å². The van der Waals surface area contributed by atoms with Crippen molar-refractivity contribution < 1.29 is 0 Å². The Kier molecular flexibility index (Phi) is 3.75. The summed E-state index contributed by atoms with van der Waals surface area (Å²) in [6, 6.07) is 21.8. The highest BCUT2D eigenvalue weighted by molar-refractivity contribution is 5.50. The van der Waals surface area contributed by atoms with Crippen molar-refractivity contribution in [2.75, 3.05) is 6.54 Å². The third kappa shape index (κ3) is 2.94. The zero-order chi connectivity index (χ0) is 12.9. The maximum absolute atomic E-state index is 3.59. The summed E-state index contributed by atoms with van der Waals surface area (Å²) in [4.78, 5) is 0. The first-order chi connectivity index (χ1) is 9.43. The highest BCUT2D eigenvalue weighted by Crippen LogP contribution is 2.28. The maximum Gasteiger partial charge on any atom is 0.0322 e. The van der Waals surface area contributed by atoms with Crippen LogP contribution in [0.1, 0.15) is 23.5 Å². The molecule has 0 aromatic heterocycles. The topological polar surface area (TPSA) is 12.0 Å². The molecule has 0 amide bonds. The van der Waals surface area contributed by atoms with Crippen LogP contribution in [0.5, 0.6) is 0 Å². The SMILES string of the molecule is C(=C[C@@H]1NCC[C@@H]1c1ccccc1)c1ccccc1. The van der Waals surface area contributed by atoms with E-state index in [9.17, 15) is 0 Å². The van der Waals surface area contributed by atoms with Crippen molar-refractivity contribution in [2.45, 2.75) is 18.4 Å². The molecule has 1 heterocycles. The molecule has 0 spiro atoms. The van der Waals surface area contributed by atoms with Crippen LogP contribution >= 0.6 is 0 Å². The number of hydrogen-bond acceptors (Lipinski definition) is 1. The van der Waals surface area contributed by atoms with Gasteiger partial charge in [-0.2, -0.15) is 0 Å². The quantitative estimate of drug-likeness (QED) is 0.871. The molecule has 0 radical (unpaired) electrons. The van der Waals surface area contributed by atoms with E-state index in [0.29, 0.717) is 12.0 Å². The Labute approximate surface area is 115 Å². The second-order valence-corrected chi connectivity index (χ2v) is 5.06. The smallest absolute Gasteiger partial charge is 0.0322 e. The molecule has 19 heavy (non-hydrogen) atoms. The number of benzene rings is 2. The third-order valence-corrected chi connectivity index (χ3v) is 3.79. The standard InChI is InChI=1S/C18H19N/c1-3-7-15(8-4-1)11-12-18-17(13-14-19-18)16-9-5-2-6-10-16/h1-12,17-19H,13-14H2/t17-,18+/m1/s1. The van der Waals surface area contributed by atoms with E-state index < -0.39 is 0 Å². The summed E-state index contributed by atoms with van der Waals surface area (Å²) in [5.41, 5.74) is 2.71. The fourth-order valence-corrected chi connectivity index (χ4v) is 2.78. The van der Waals surface area contributed by atoms with Crippen LogP contribution in [-0.2, 0) is 0 Å². The molecule has 2 atom stereocenters. The van der Waals surface area contributed by atoms with Gasteiger partial charge in [0.1, 0.15) is 0 Å². The van der Waals surface area contributed by atoms with E-state index >= 15 is 0 Å². The Morgan fingerprint density at radius 3 is 2.32 bits per heavy atom. The van der Waals surface area contributed by atoms with Crippen molar-refractivity contribution in [1.82, 2.24) is 5.32 Å². The van der Waals surface area contributed by atoms with Gasteiger partial charge in [-0.1, -0.05) is 72.8 Å². The first kappa shape index (κ1) is 12.2. The van der Waals surface area contributed by atoms with Crippen LogP contribution in [0, 0.1) is 0 Å². The number of nitrogens with one attached hydrogen (secondary N) is 1. The Morgan fingerprint density at radius 2 is 1.58 bits per heavy atom. The summed E-state index contributed by atoms with van der Waals surface area (Å²) in [6.45, 7) is 1.10. The molecule has 2 aromatic carbocycles. The van der Waals surface area contributed by atoms with Crippen LogP contribution < -0.4 is 5.32 Å². The van der Waals surface area contributed by atoms with Crippen molar-refractivity contribution in [1.29, 1.82) is 0 Å². The lowest BCUT2D eigenvalue weighted by Gasteiger charge is -2.16. The van der Waals surface area contributed by atoms with Gasteiger partial charge < -0.3 is 5.32 Å². The minimum Gasteiger partial charge on any atom is -0.310 e. The minimum absolute atomic E-state index is 0.447. The average Bonchev–Trinajstić information content (AvgIpc) is 2.95. The van der Waals surface area contributed by atoms with Crippen LogP contribution in [0.2, 0.25) is 0 Å². The Morgan fingerprint density at radius 1 is 0.895 bits per heavy atom. The molecule has 0 bridgehead atoms. The van der Waals surface area contributed by atoms with Gasteiger partial charge in [-0.15, -0.1) is 0 Å². The van der Waals surface area contributed by atoms with Crippen LogP contribution in [-0.4, -0.2) is 12.6 Å². The number of rotatable bonds is 3. The predicted octanol–water partition coefficient (Wildman–Crippen LogP) is 3.85. The van der Waals surface area contributed by atoms with Crippen LogP contribution in [0.15, 0.2) is 66.7 Å². The van der Waals surface area contributed by atoms with Crippen LogP contribution in [0.4, 0.5) is 0 Å². The van der Waals surface area contributed by atoms with Crippen molar-refractivity contribution in [3.63, 3.8) is 0 Å². The molecule has 1 heteroatoms. The van der Waals surface area contributed by atoms with Gasteiger partial charge in [0.25, 0.3) is 0 Å². The average molecular weight is 249 g/mol. The Bertz CT molecular complexity index is 530. The zero-order valence-electron chi connectivity index (χ0n) is 11.0. The molecule has 0 aliphatic carbocycles. The fourth-order valence-electron chi connectivity index (χ4n) is 2.78. The molecule has 1 saturated heterocycles. The highest BCUT2D eigenvalue weighted by atomic mass is 14.9. The molecule has 0 unspecified atom stereocenters. The highest BCUT2D eigenvalue weighted by Gasteiger charge is 2.25. The molecule has 96 valence electrons. The van der Waals surface area contributed by atoms with E-state index in [0.717, 1.165) is 6.54 Å². The maximum atomic E-state index is 3.59. The van der Waals surface area contributed by atoms with E-state index in [4.69, 9.17) is 0 Å². The van der Waals surface area contributed by atoms with Gasteiger partial charge in [0.2, 0.25) is 0 Å². The van der Waals surface area contributed by atoms with Gasteiger partial charge in [0.15, 0.2) is 0 Å². The lowest BCUT2D eigenvalue weighted by atomic mass is 9.91. The molecule has 1 nitrogen and oxygen atoms in total. The Balaban J connectivity index is 1.75. The molecular weight excluding hydrogens is 230 g/mol. The fraction of sp³-hybridized carbons (Fsp3) is 0.222. The predicted molar refractivity (Wildman–Crippen MR) is 81.1 cm³/mol. The molecule has 1 N–H and O–H groups in total. The second kappa shape index (κ2) is 5.85. The van der Waals surface area contributed by atoms with Gasteiger partial charge >= 0.3 is 0 Å². The van der Waals surface area contributed by atoms with E-state index in [-0.39, 0.29) is 0 Å². The lowest BCUT2D eigenvalue weighted by Crippen LogP contribution is -2.23. The molecule has 0 saturated carbocycles. The molecule has 2 aromatic rings. The lowest BCUT2D eigenvalue weighted by molar-refractivity contribution is 0.650. The summed E-state index contributed by atoms with van der Waals surface area (Å²) in [6.07, 6.45) is 5.74. The van der Waals surface area contributed by atoms with Gasteiger partial charge in [0.05, 0.1) is 0 Å². The monoisotopic (exact) mass is 249 g/mol. The van der Waals surface area contributed by atoms with Crippen LogP contribution in [0.3, 0.4) is 0 Å². The normalized spacial score (nSPS) is 22.9. The first-order valence-electron chi connectivity index (χ1n) is 6.95. The minimum atomic E-state index is 0.447. The second-order valence-electron chi connectivity index (χ2n) is 5.06. The van der Waals surface area contributed by atoms with E-state index in [1.165, 1.54) is 17.5 Å². The molecule has 1 aliphatic rings. The van der Waals surface area contributed by atoms with Crippen molar-refractivity contribution in [3.8, 4) is 0 Å². The summed E-state index contributed by atoms with van der Waals surface area (Å²) in [5.74, 6) is 0.598. The van der Waals surface area contributed by atoms with E-state index in [2.05, 4.69) is 78.1 Å². The largest absolute Gasteiger partial charge is 0.310 e. The summed E-state index contributed by atoms with van der Waals surface area (Å²) in [7, 11) is 0. The third-order valence-electron chi connectivity index (χ3n) is 3.79.